The molecule has 0 bridgehead atoms. The first kappa shape index (κ1) is 13.4. The van der Waals surface area contributed by atoms with E-state index in [4.69, 9.17) is 11.0 Å². The number of fused-ring (bicyclic) bond motifs is 1. The summed E-state index contributed by atoms with van der Waals surface area (Å²) in [6, 6.07) is 13.5. The fraction of sp³-hybridized carbons (Fsp3) is 0. The molecule has 3 nitrogen and oxygen atoms in total. The molecular formula is C14H8BrN3S2. The smallest absolute Gasteiger partial charge is 0.155 e. The van der Waals surface area contributed by atoms with Gasteiger partial charge in [-0.2, -0.15) is 5.26 Å². The number of halogens is 1. The van der Waals surface area contributed by atoms with Gasteiger partial charge in [0.25, 0.3) is 0 Å². The van der Waals surface area contributed by atoms with Gasteiger partial charge >= 0.3 is 0 Å². The third kappa shape index (κ3) is 2.66. The summed E-state index contributed by atoms with van der Waals surface area (Å²) >= 11 is 6.59. The Bertz CT molecular complexity index is 836. The van der Waals surface area contributed by atoms with Gasteiger partial charge in [-0.05, 0) is 52.3 Å². The zero-order valence-electron chi connectivity index (χ0n) is 10.1. The second kappa shape index (κ2) is 5.44. The SMILES string of the molecule is N#Cc1ccc(Sc2nc3ccc(N)cc3s2)cc1Br. The number of benzene rings is 2. The molecule has 0 atom stereocenters. The predicted octanol–water partition coefficient (Wildman–Crippen LogP) is 4.66. The highest BCUT2D eigenvalue weighted by Gasteiger charge is 2.07. The van der Waals surface area contributed by atoms with Crippen LogP contribution in [-0.4, -0.2) is 4.98 Å². The van der Waals surface area contributed by atoms with Gasteiger partial charge in [-0.25, -0.2) is 4.98 Å². The second-order valence-electron chi connectivity index (χ2n) is 4.06. The maximum absolute atomic E-state index is 8.91. The van der Waals surface area contributed by atoms with Crippen molar-refractivity contribution >= 4 is 54.9 Å². The average Bonchev–Trinajstić information content (AvgIpc) is 2.80. The van der Waals surface area contributed by atoms with E-state index in [1.807, 2.05) is 30.3 Å². The van der Waals surface area contributed by atoms with Gasteiger partial charge < -0.3 is 5.73 Å². The van der Waals surface area contributed by atoms with E-state index in [-0.39, 0.29) is 0 Å². The van der Waals surface area contributed by atoms with Crippen molar-refractivity contribution in [1.29, 1.82) is 5.26 Å². The Morgan fingerprint density at radius 3 is 2.85 bits per heavy atom. The molecule has 2 aromatic carbocycles. The number of thiazole rings is 1. The Morgan fingerprint density at radius 2 is 2.10 bits per heavy atom. The highest BCUT2D eigenvalue weighted by Crippen LogP contribution is 2.36. The normalized spacial score (nSPS) is 10.6. The van der Waals surface area contributed by atoms with E-state index in [1.54, 1.807) is 29.2 Å². The number of hydrogen-bond acceptors (Lipinski definition) is 5. The van der Waals surface area contributed by atoms with E-state index in [1.165, 1.54) is 0 Å². The van der Waals surface area contributed by atoms with Crippen LogP contribution in [0.2, 0.25) is 0 Å². The zero-order valence-corrected chi connectivity index (χ0v) is 13.3. The van der Waals surface area contributed by atoms with Crippen molar-refractivity contribution in [2.45, 2.75) is 9.24 Å². The van der Waals surface area contributed by atoms with Crippen LogP contribution in [0.3, 0.4) is 0 Å². The lowest BCUT2D eigenvalue weighted by atomic mass is 10.2. The summed E-state index contributed by atoms with van der Waals surface area (Å²) in [5.41, 5.74) is 8.11. The lowest BCUT2D eigenvalue weighted by Gasteiger charge is -1.99. The van der Waals surface area contributed by atoms with Gasteiger partial charge in [0.1, 0.15) is 6.07 Å². The number of nitrogen functional groups attached to an aromatic ring is 1. The van der Waals surface area contributed by atoms with E-state index in [9.17, 15) is 0 Å². The van der Waals surface area contributed by atoms with E-state index in [0.717, 1.165) is 29.6 Å². The highest BCUT2D eigenvalue weighted by atomic mass is 79.9. The maximum Gasteiger partial charge on any atom is 0.155 e. The molecule has 0 aliphatic heterocycles. The number of nitrogens with zero attached hydrogens (tertiary/aromatic N) is 2. The summed E-state index contributed by atoms with van der Waals surface area (Å²) in [4.78, 5) is 5.61. The van der Waals surface area contributed by atoms with Crippen LogP contribution in [0.5, 0.6) is 0 Å². The van der Waals surface area contributed by atoms with Crippen molar-refractivity contribution in [3.63, 3.8) is 0 Å². The molecule has 1 heterocycles. The summed E-state index contributed by atoms with van der Waals surface area (Å²) in [6.45, 7) is 0. The lowest BCUT2D eigenvalue weighted by molar-refractivity contribution is 1.29. The van der Waals surface area contributed by atoms with Crippen LogP contribution in [0.25, 0.3) is 10.2 Å². The monoisotopic (exact) mass is 361 g/mol. The van der Waals surface area contributed by atoms with Crippen LogP contribution in [0.4, 0.5) is 5.69 Å². The Hall–Kier alpha value is -1.55. The molecule has 3 aromatic rings. The van der Waals surface area contributed by atoms with Gasteiger partial charge in [0.2, 0.25) is 0 Å². The fourth-order valence-electron chi connectivity index (χ4n) is 1.71. The summed E-state index contributed by atoms with van der Waals surface area (Å²) in [7, 11) is 0. The third-order valence-corrected chi connectivity index (χ3v) is 5.38. The average molecular weight is 362 g/mol. The molecule has 0 aliphatic carbocycles. The van der Waals surface area contributed by atoms with Crippen molar-refractivity contribution in [2.75, 3.05) is 5.73 Å². The van der Waals surface area contributed by atoms with Gasteiger partial charge in [0, 0.05) is 15.1 Å². The van der Waals surface area contributed by atoms with Crippen LogP contribution in [0.15, 0.2) is 50.1 Å². The van der Waals surface area contributed by atoms with Gasteiger partial charge in [0.15, 0.2) is 4.34 Å². The van der Waals surface area contributed by atoms with Gasteiger partial charge in [0.05, 0.1) is 15.8 Å². The molecule has 98 valence electrons. The van der Waals surface area contributed by atoms with E-state index in [2.05, 4.69) is 27.0 Å². The van der Waals surface area contributed by atoms with Crippen molar-refractivity contribution in [2.24, 2.45) is 0 Å². The highest BCUT2D eigenvalue weighted by molar-refractivity contribution is 9.10. The first-order valence-electron chi connectivity index (χ1n) is 5.69. The minimum absolute atomic E-state index is 0.631. The summed E-state index contributed by atoms with van der Waals surface area (Å²) in [6.07, 6.45) is 0. The fourth-order valence-corrected chi connectivity index (χ4v) is 4.46. The lowest BCUT2D eigenvalue weighted by Crippen LogP contribution is -1.81. The number of nitrogens with two attached hydrogens (primary N) is 1. The van der Waals surface area contributed by atoms with Crippen molar-refractivity contribution in [3.05, 3.63) is 46.4 Å². The molecule has 0 spiro atoms. The minimum atomic E-state index is 0.631. The number of nitriles is 1. The standard InChI is InChI=1S/C14H8BrN3S2/c15-11-6-10(3-1-8(11)7-16)19-14-18-12-4-2-9(17)5-13(12)20-14/h1-6H,17H2. The first-order valence-corrected chi connectivity index (χ1v) is 8.12. The van der Waals surface area contributed by atoms with Gasteiger partial charge in [-0.3, -0.25) is 0 Å². The summed E-state index contributed by atoms with van der Waals surface area (Å²) in [5.74, 6) is 0. The molecule has 0 fully saturated rings. The molecule has 0 saturated carbocycles. The maximum atomic E-state index is 8.91. The van der Waals surface area contributed by atoms with Crippen LogP contribution in [-0.2, 0) is 0 Å². The molecule has 0 saturated heterocycles. The quantitative estimate of drug-likeness (QED) is 0.674. The number of rotatable bonds is 2. The van der Waals surface area contributed by atoms with Crippen LogP contribution in [0, 0.1) is 11.3 Å². The third-order valence-electron chi connectivity index (χ3n) is 2.66. The largest absolute Gasteiger partial charge is 0.399 e. The molecule has 3 rings (SSSR count). The Balaban J connectivity index is 1.93. The summed E-state index contributed by atoms with van der Waals surface area (Å²) in [5, 5.41) is 8.91. The molecule has 2 N–H and O–H groups in total. The van der Waals surface area contributed by atoms with E-state index in [0.29, 0.717) is 5.56 Å². The molecule has 0 radical (unpaired) electrons. The van der Waals surface area contributed by atoms with Gasteiger partial charge in [-0.1, -0.05) is 11.8 Å². The van der Waals surface area contributed by atoms with Gasteiger partial charge in [-0.15, -0.1) is 11.3 Å². The molecular weight excluding hydrogens is 354 g/mol. The molecule has 1 aromatic heterocycles. The topological polar surface area (TPSA) is 62.7 Å². The minimum Gasteiger partial charge on any atom is -0.399 e. The van der Waals surface area contributed by atoms with E-state index < -0.39 is 0 Å². The molecule has 20 heavy (non-hydrogen) atoms. The van der Waals surface area contributed by atoms with E-state index >= 15 is 0 Å². The van der Waals surface area contributed by atoms with Crippen molar-refractivity contribution in [3.8, 4) is 6.07 Å². The first-order chi connectivity index (χ1) is 9.65. The van der Waals surface area contributed by atoms with Crippen LogP contribution in [0.1, 0.15) is 5.56 Å². The van der Waals surface area contributed by atoms with Crippen molar-refractivity contribution in [1.82, 2.24) is 4.98 Å². The second-order valence-corrected chi connectivity index (χ2v) is 7.27. The zero-order chi connectivity index (χ0) is 14.1. The van der Waals surface area contributed by atoms with Crippen LogP contribution >= 0.6 is 39.0 Å². The Labute approximate surface area is 132 Å². The van der Waals surface area contributed by atoms with Crippen LogP contribution < -0.4 is 5.73 Å². The summed E-state index contributed by atoms with van der Waals surface area (Å²) < 4.78 is 2.85. The number of anilines is 1. The Morgan fingerprint density at radius 1 is 1.25 bits per heavy atom. The predicted molar refractivity (Wildman–Crippen MR) is 87.0 cm³/mol. The van der Waals surface area contributed by atoms with Crippen molar-refractivity contribution < 1.29 is 0 Å². The Kier molecular flexibility index (Phi) is 3.66. The molecule has 0 unspecified atom stereocenters. The molecule has 6 heteroatoms. The molecule has 0 amide bonds. The number of aromatic nitrogens is 1. The molecule has 0 aliphatic rings. The number of hydrogen-bond donors (Lipinski definition) is 1.